The Hall–Kier alpha value is -1.77. The largest absolute Gasteiger partial charge is 0.497 e. The maximum absolute atomic E-state index is 9.16. The first-order valence-electron chi connectivity index (χ1n) is 6.87. The first-order chi connectivity index (χ1) is 9.72. The normalized spacial score (nSPS) is 17.2. The van der Waals surface area contributed by atoms with Gasteiger partial charge in [-0.05, 0) is 19.1 Å². The third-order valence-corrected chi connectivity index (χ3v) is 3.38. The van der Waals surface area contributed by atoms with E-state index in [9.17, 15) is 0 Å². The van der Waals surface area contributed by atoms with Gasteiger partial charge in [0, 0.05) is 31.7 Å². The Morgan fingerprint density at radius 3 is 2.85 bits per heavy atom. The van der Waals surface area contributed by atoms with Crippen molar-refractivity contribution < 1.29 is 9.47 Å². The second-order valence-electron chi connectivity index (χ2n) is 4.98. The number of nitrogens with one attached hydrogen (secondary N) is 1. The summed E-state index contributed by atoms with van der Waals surface area (Å²) in [6, 6.07) is 7.91. The third-order valence-electron chi connectivity index (χ3n) is 3.38. The smallest absolute Gasteiger partial charge is 0.121 e. The summed E-state index contributed by atoms with van der Waals surface area (Å²) in [7, 11) is 1.63. The molecule has 1 N–H and O–H groups in total. The molecule has 0 aliphatic carbocycles. The third kappa shape index (κ3) is 3.86. The number of benzene rings is 1. The van der Waals surface area contributed by atoms with Crippen LogP contribution in [0.5, 0.6) is 5.75 Å². The predicted octanol–water partition coefficient (Wildman–Crippen LogP) is 1.70. The number of morpholine rings is 1. The van der Waals surface area contributed by atoms with Crippen LogP contribution in [0, 0.1) is 11.3 Å². The average molecular weight is 275 g/mol. The van der Waals surface area contributed by atoms with Crippen molar-refractivity contribution in [2.45, 2.75) is 13.0 Å². The number of nitrogens with zero attached hydrogens (tertiary/aromatic N) is 2. The van der Waals surface area contributed by atoms with Crippen molar-refractivity contribution in [1.29, 1.82) is 5.26 Å². The molecule has 20 heavy (non-hydrogen) atoms. The summed E-state index contributed by atoms with van der Waals surface area (Å²) in [6.45, 7) is 6.59. The predicted molar refractivity (Wildman–Crippen MR) is 78.1 cm³/mol. The first kappa shape index (κ1) is 14.6. The van der Waals surface area contributed by atoms with Crippen LogP contribution in [0.25, 0.3) is 0 Å². The van der Waals surface area contributed by atoms with Gasteiger partial charge in [0.05, 0.1) is 31.6 Å². The van der Waals surface area contributed by atoms with E-state index >= 15 is 0 Å². The maximum atomic E-state index is 9.16. The molecule has 108 valence electrons. The Bertz CT molecular complexity index is 478. The van der Waals surface area contributed by atoms with Crippen molar-refractivity contribution >= 4 is 5.69 Å². The van der Waals surface area contributed by atoms with Crippen molar-refractivity contribution in [2.75, 3.05) is 45.3 Å². The van der Waals surface area contributed by atoms with Crippen LogP contribution in [-0.2, 0) is 4.74 Å². The number of anilines is 1. The lowest BCUT2D eigenvalue weighted by Crippen LogP contribution is -2.42. The van der Waals surface area contributed by atoms with Crippen molar-refractivity contribution in [3.8, 4) is 11.8 Å². The van der Waals surface area contributed by atoms with Gasteiger partial charge in [-0.15, -0.1) is 0 Å². The van der Waals surface area contributed by atoms with E-state index in [1.54, 1.807) is 19.2 Å². The standard InChI is InChI=1S/C15H21N3O2/c1-12(11-18-5-7-20-8-6-18)17-15-9-14(19-2)4-3-13(15)10-16/h3-4,9,12,17H,5-8,11H2,1-2H3. The molecule has 1 aromatic rings. The van der Waals surface area contributed by atoms with Crippen LogP contribution in [0.2, 0.25) is 0 Å². The summed E-state index contributed by atoms with van der Waals surface area (Å²) in [5, 5.41) is 12.6. The van der Waals surface area contributed by atoms with Crippen LogP contribution in [0.15, 0.2) is 18.2 Å². The molecule has 1 unspecified atom stereocenters. The quantitative estimate of drug-likeness (QED) is 0.886. The summed E-state index contributed by atoms with van der Waals surface area (Å²) < 4.78 is 10.6. The molecule has 0 radical (unpaired) electrons. The van der Waals surface area contributed by atoms with Crippen LogP contribution in [0.4, 0.5) is 5.69 Å². The maximum Gasteiger partial charge on any atom is 0.121 e. The van der Waals surface area contributed by atoms with Crippen LogP contribution < -0.4 is 10.1 Å². The van der Waals surface area contributed by atoms with E-state index in [2.05, 4.69) is 23.2 Å². The molecule has 5 nitrogen and oxygen atoms in total. The van der Waals surface area contributed by atoms with Crippen LogP contribution >= 0.6 is 0 Å². The number of methoxy groups -OCH3 is 1. The minimum atomic E-state index is 0.257. The van der Waals surface area contributed by atoms with Gasteiger partial charge in [-0.2, -0.15) is 5.26 Å². The van der Waals surface area contributed by atoms with Gasteiger partial charge in [0.15, 0.2) is 0 Å². The minimum absolute atomic E-state index is 0.257. The second kappa shape index (κ2) is 7.13. The summed E-state index contributed by atoms with van der Waals surface area (Å²) >= 11 is 0. The lowest BCUT2D eigenvalue weighted by atomic mass is 10.1. The van der Waals surface area contributed by atoms with Gasteiger partial charge in [0.25, 0.3) is 0 Å². The highest BCUT2D eigenvalue weighted by Crippen LogP contribution is 2.22. The van der Waals surface area contributed by atoms with E-state index < -0.39 is 0 Å². The molecule has 1 aliphatic heterocycles. The average Bonchev–Trinajstić information content (AvgIpc) is 2.48. The molecule has 0 aromatic heterocycles. The molecular weight excluding hydrogens is 254 g/mol. The van der Waals surface area contributed by atoms with E-state index in [0.717, 1.165) is 44.3 Å². The lowest BCUT2D eigenvalue weighted by molar-refractivity contribution is 0.0368. The second-order valence-corrected chi connectivity index (χ2v) is 4.98. The highest BCUT2D eigenvalue weighted by molar-refractivity contribution is 5.60. The zero-order valence-electron chi connectivity index (χ0n) is 12.1. The summed E-state index contributed by atoms with van der Waals surface area (Å²) in [6.07, 6.45) is 0. The van der Waals surface area contributed by atoms with Gasteiger partial charge in [-0.25, -0.2) is 0 Å². The molecule has 1 saturated heterocycles. The molecule has 0 bridgehead atoms. The number of nitriles is 1. The highest BCUT2D eigenvalue weighted by Gasteiger charge is 2.14. The van der Waals surface area contributed by atoms with Gasteiger partial charge >= 0.3 is 0 Å². The highest BCUT2D eigenvalue weighted by atomic mass is 16.5. The van der Waals surface area contributed by atoms with Gasteiger partial charge < -0.3 is 14.8 Å². The SMILES string of the molecule is COc1ccc(C#N)c(NC(C)CN2CCOCC2)c1. The molecule has 0 amide bonds. The minimum Gasteiger partial charge on any atom is -0.497 e. The van der Waals surface area contributed by atoms with E-state index in [1.165, 1.54) is 0 Å². The lowest BCUT2D eigenvalue weighted by Gasteiger charge is -2.29. The van der Waals surface area contributed by atoms with Gasteiger partial charge in [-0.3, -0.25) is 4.90 Å². The van der Waals surface area contributed by atoms with Crippen LogP contribution in [-0.4, -0.2) is 50.9 Å². The van der Waals surface area contributed by atoms with Crippen molar-refractivity contribution in [3.05, 3.63) is 23.8 Å². The number of hydrogen-bond acceptors (Lipinski definition) is 5. The fraction of sp³-hybridized carbons (Fsp3) is 0.533. The van der Waals surface area contributed by atoms with Gasteiger partial charge in [-0.1, -0.05) is 0 Å². The number of hydrogen-bond donors (Lipinski definition) is 1. The molecule has 0 saturated carbocycles. The molecule has 2 rings (SSSR count). The van der Waals surface area contributed by atoms with Crippen LogP contribution in [0.1, 0.15) is 12.5 Å². The summed E-state index contributed by atoms with van der Waals surface area (Å²) in [4.78, 5) is 2.37. The Labute approximate surface area is 120 Å². The Morgan fingerprint density at radius 2 is 2.20 bits per heavy atom. The summed E-state index contributed by atoms with van der Waals surface area (Å²) in [5.41, 5.74) is 1.47. The summed E-state index contributed by atoms with van der Waals surface area (Å²) in [5.74, 6) is 0.755. The molecular formula is C15H21N3O2. The molecule has 1 aliphatic rings. The van der Waals surface area contributed by atoms with E-state index in [-0.39, 0.29) is 6.04 Å². The molecule has 1 fully saturated rings. The number of ether oxygens (including phenoxy) is 2. The monoisotopic (exact) mass is 275 g/mol. The molecule has 0 spiro atoms. The zero-order chi connectivity index (χ0) is 14.4. The van der Waals surface area contributed by atoms with Gasteiger partial charge in [0.1, 0.15) is 11.8 Å². The molecule has 1 atom stereocenters. The van der Waals surface area contributed by atoms with Crippen molar-refractivity contribution in [2.24, 2.45) is 0 Å². The fourth-order valence-corrected chi connectivity index (χ4v) is 2.35. The Morgan fingerprint density at radius 1 is 1.45 bits per heavy atom. The van der Waals surface area contributed by atoms with Gasteiger partial charge in [0.2, 0.25) is 0 Å². The van der Waals surface area contributed by atoms with Crippen molar-refractivity contribution in [1.82, 2.24) is 4.90 Å². The van der Waals surface area contributed by atoms with E-state index in [1.807, 2.05) is 6.07 Å². The Balaban J connectivity index is 1.99. The molecule has 1 heterocycles. The van der Waals surface area contributed by atoms with Crippen LogP contribution in [0.3, 0.4) is 0 Å². The first-order valence-corrected chi connectivity index (χ1v) is 6.87. The fourth-order valence-electron chi connectivity index (χ4n) is 2.35. The van der Waals surface area contributed by atoms with E-state index in [0.29, 0.717) is 5.56 Å². The molecule has 5 heteroatoms. The molecule has 1 aromatic carbocycles. The zero-order valence-corrected chi connectivity index (χ0v) is 12.1. The Kier molecular flexibility index (Phi) is 5.22. The van der Waals surface area contributed by atoms with E-state index in [4.69, 9.17) is 14.7 Å². The number of rotatable bonds is 5. The van der Waals surface area contributed by atoms with Crippen molar-refractivity contribution in [3.63, 3.8) is 0 Å². The topological polar surface area (TPSA) is 57.5 Å².